The maximum Gasteiger partial charge on any atom is 0.296 e. The van der Waals surface area contributed by atoms with Gasteiger partial charge >= 0.3 is 0 Å². The molecule has 2 unspecified atom stereocenters. The van der Waals surface area contributed by atoms with Crippen LogP contribution in [0, 0.1) is 37.5 Å². The molecule has 2 N–H and O–H groups in total. The molecule has 51 heavy (non-hydrogen) atoms. The number of ketones is 1. The fraction of sp³-hybridized carbons (Fsp3) is 0.314. The first-order chi connectivity index (χ1) is 24.3. The molecule has 1 aliphatic carbocycles. The van der Waals surface area contributed by atoms with Gasteiger partial charge in [-0.05, 0) is 78.4 Å². The number of allylic oxidation sites excluding steroid dienone is 4. The number of ether oxygens (including phenoxy) is 2. The first kappa shape index (κ1) is 37.0. The minimum Gasteiger partial charge on any atom is -0.490 e. The van der Waals surface area contributed by atoms with E-state index in [4.69, 9.17) is 9.47 Å². The van der Waals surface area contributed by atoms with Crippen LogP contribution in [0.2, 0.25) is 0 Å². The van der Waals surface area contributed by atoms with Crippen molar-refractivity contribution < 1.29 is 32.5 Å². The van der Waals surface area contributed by atoms with Gasteiger partial charge in [0.15, 0.2) is 22.2 Å². The average Bonchev–Trinajstić information content (AvgIpc) is 3.07. The Morgan fingerprint density at radius 1 is 1.06 bits per heavy atom. The highest BCUT2D eigenvalue weighted by Gasteiger charge is 2.39. The fourth-order valence-corrected chi connectivity index (χ4v) is 8.28. The number of carbonyl (C=O) groups is 1. The van der Waals surface area contributed by atoms with Crippen LogP contribution in [0.4, 0.5) is 17.1 Å². The zero-order chi connectivity index (χ0) is 37.0. The molecular weight excluding hydrogens is 746 g/mol. The van der Waals surface area contributed by atoms with Crippen molar-refractivity contribution in [3.05, 3.63) is 113 Å². The Kier molecular flexibility index (Phi) is 11.1. The predicted molar refractivity (Wildman–Crippen MR) is 190 cm³/mol. The normalized spacial score (nSPS) is 17.3. The van der Waals surface area contributed by atoms with Crippen molar-refractivity contribution in [2.24, 2.45) is 5.92 Å². The molecule has 0 radical (unpaired) electrons. The molecule has 0 fully saturated rings. The summed E-state index contributed by atoms with van der Waals surface area (Å²) >= 11 is 3.59. The van der Waals surface area contributed by atoms with Crippen LogP contribution in [0.15, 0.2) is 86.5 Å². The minimum absolute atomic E-state index is 0.0000220. The number of anilines is 1. The van der Waals surface area contributed by atoms with Crippen LogP contribution in [0.1, 0.15) is 63.5 Å². The van der Waals surface area contributed by atoms with Gasteiger partial charge in [0.2, 0.25) is 0 Å². The Bertz CT molecular complexity index is 2140. The molecule has 0 bridgehead atoms. The SMILES string of the molecule is CCCC1CC(=O)C2=C(C1)NC(C)=C(C#N)C2c1cc(Br)c(OCc2ccccc2NS(=O)(=O)c2ccc([N+](=O)[O-])cc2[N+](=O)[O-])c(OCC)c1. The molecule has 0 aromatic heterocycles. The van der Waals surface area contributed by atoms with Crippen LogP contribution in [-0.2, 0) is 21.4 Å². The number of nitro benzene ring substituents is 2. The highest BCUT2D eigenvalue weighted by molar-refractivity contribution is 9.10. The summed E-state index contributed by atoms with van der Waals surface area (Å²) in [5.41, 5.74) is 2.00. The second-order valence-corrected chi connectivity index (χ2v) is 14.6. The van der Waals surface area contributed by atoms with Crippen LogP contribution in [-0.4, -0.2) is 30.7 Å². The largest absolute Gasteiger partial charge is 0.490 e. The monoisotopic (exact) mass is 779 g/mol. The number of Topliss-reactive ketones (excluding diaryl/α,β-unsaturated/α-hetero) is 1. The summed E-state index contributed by atoms with van der Waals surface area (Å²) in [4.78, 5) is 33.8. The van der Waals surface area contributed by atoms with Gasteiger partial charge < -0.3 is 14.8 Å². The molecule has 0 saturated carbocycles. The lowest BCUT2D eigenvalue weighted by atomic mass is 9.72. The number of non-ortho nitro benzene ring substituents is 1. The smallest absolute Gasteiger partial charge is 0.296 e. The minimum atomic E-state index is -4.58. The van der Waals surface area contributed by atoms with Gasteiger partial charge in [-0.15, -0.1) is 0 Å². The zero-order valence-electron chi connectivity index (χ0n) is 27.9. The Balaban J connectivity index is 1.47. The predicted octanol–water partition coefficient (Wildman–Crippen LogP) is 7.56. The molecule has 0 saturated heterocycles. The quantitative estimate of drug-likeness (QED) is 0.128. The topological polar surface area (TPSA) is 204 Å². The summed E-state index contributed by atoms with van der Waals surface area (Å²) < 4.78 is 41.7. The molecule has 0 spiro atoms. The fourth-order valence-electron chi connectivity index (χ4n) is 6.46. The third-order valence-corrected chi connectivity index (χ3v) is 10.7. The van der Waals surface area contributed by atoms with E-state index >= 15 is 0 Å². The number of hydrogen-bond donors (Lipinski definition) is 2. The van der Waals surface area contributed by atoms with Crippen LogP contribution in [0.3, 0.4) is 0 Å². The molecule has 16 heteroatoms. The Labute approximate surface area is 302 Å². The summed E-state index contributed by atoms with van der Waals surface area (Å²) in [6, 6.07) is 14.3. The van der Waals surface area contributed by atoms with E-state index in [9.17, 15) is 38.7 Å². The lowest BCUT2D eigenvalue weighted by Gasteiger charge is -2.35. The maximum absolute atomic E-state index is 13.6. The molecule has 2 atom stereocenters. The van der Waals surface area contributed by atoms with E-state index in [1.165, 1.54) is 6.07 Å². The number of rotatable bonds is 13. The number of nitro groups is 2. The molecule has 5 rings (SSSR count). The molecular formula is C35H34BrN5O9S. The first-order valence-electron chi connectivity index (χ1n) is 16.1. The number of para-hydroxylation sites is 1. The van der Waals surface area contributed by atoms with Crippen molar-refractivity contribution in [2.45, 2.75) is 63.9 Å². The zero-order valence-corrected chi connectivity index (χ0v) is 30.3. The number of hydrogen-bond acceptors (Lipinski definition) is 11. The van der Waals surface area contributed by atoms with Crippen LogP contribution >= 0.6 is 15.9 Å². The van der Waals surface area contributed by atoms with Gasteiger partial charge in [0.1, 0.15) is 6.61 Å². The highest BCUT2D eigenvalue weighted by Crippen LogP contribution is 2.47. The second kappa shape index (κ2) is 15.3. The Morgan fingerprint density at radius 2 is 1.80 bits per heavy atom. The van der Waals surface area contributed by atoms with Crippen molar-refractivity contribution >= 4 is 48.8 Å². The molecule has 3 aromatic rings. The van der Waals surface area contributed by atoms with E-state index in [1.807, 2.05) is 6.92 Å². The number of halogens is 1. The van der Waals surface area contributed by atoms with Gasteiger partial charge in [-0.3, -0.25) is 29.7 Å². The third-order valence-electron chi connectivity index (χ3n) is 8.67. The summed E-state index contributed by atoms with van der Waals surface area (Å²) in [7, 11) is -4.58. The van der Waals surface area contributed by atoms with E-state index in [2.05, 4.69) is 39.0 Å². The van der Waals surface area contributed by atoms with E-state index in [1.54, 1.807) is 37.3 Å². The number of carbonyl (C=O) groups excluding carboxylic acids is 1. The van der Waals surface area contributed by atoms with Crippen LogP contribution in [0.5, 0.6) is 11.5 Å². The van der Waals surface area contributed by atoms with Gasteiger partial charge in [0.05, 0.1) is 50.2 Å². The van der Waals surface area contributed by atoms with Gasteiger partial charge in [0, 0.05) is 35.0 Å². The van der Waals surface area contributed by atoms with Gasteiger partial charge in [-0.1, -0.05) is 31.5 Å². The summed E-state index contributed by atoms with van der Waals surface area (Å²) in [5, 5.41) is 36.3. The van der Waals surface area contributed by atoms with E-state index in [0.717, 1.165) is 30.7 Å². The number of nitriles is 1. The van der Waals surface area contributed by atoms with Gasteiger partial charge in [0.25, 0.3) is 21.4 Å². The molecule has 266 valence electrons. The maximum atomic E-state index is 13.6. The molecule has 2 aliphatic rings. The van der Waals surface area contributed by atoms with Crippen LogP contribution in [0.25, 0.3) is 0 Å². The van der Waals surface area contributed by atoms with Crippen molar-refractivity contribution in [1.29, 1.82) is 5.26 Å². The first-order valence-corrected chi connectivity index (χ1v) is 18.3. The summed E-state index contributed by atoms with van der Waals surface area (Å²) in [5.74, 6) is 0.210. The standard InChI is InChI=1S/C35H34BrN5O9S/c1-4-8-21-13-28-34(30(42)14-21)33(25(18-37)20(3)38-28)23-15-26(36)35(31(16-23)49-5-2)50-19-22-9-6-7-10-27(22)39-51(47,48)32-12-11-24(40(43)44)17-29(32)41(45)46/h6-7,9-12,15-17,21,33,38-39H,4-5,8,13-14,19H2,1-3H3. The number of nitrogens with zero attached hydrogens (tertiary/aromatic N) is 3. The van der Waals surface area contributed by atoms with Crippen molar-refractivity contribution in [1.82, 2.24) is 5.32 Å². The Morgan fingerprint density at radius 3 is 2.47 bits per heavy atom. The van der Waals surface area contributed by atoms with E-state index < -0.39 is 42.1 Å². The van der Waals surface area contributed by atoms with E-state index in [-0.39, 0.29) is 36.4 Å². The summed E-state index contributed by atoms with van der Waals surface area (Å²) in [6.45, 7) is 5.79. The number of sulfonamides is 1. The van der Waals surface area contributed by atoms with Crippen molar-refractivity contribution in [3.63, 3.8) is 0 Å². The second-order valence-electron chi connectivity index (χ2n) is 12.1. The lowest BCUT2D eigenvalue weighted by Crippen LogP contribution is -2.34. The average molecular weight is 781 g/mol. The molecule has 1 heterocycles. The summed E-state index contributed by atoms with van der Waals surface area (Å²) in [6.07, 6.45) is 3.01. The lowest BCUT2D eigenvalue weighted by molar-refractivity contribution is -0.396. The Hall–Kier alpha value is -5.27. The van der Waals surface area contributed by atoms with Gasteiger partial charge in [-0.2, -0.15) is 5.26 Å². The van der Waals surface area contributed by atoms with Crippen molar-refractivity contribution in [3.8, 4) is 17.6 Å². The van der Waals surface area contributed by atoms with Crippen LogP contribution < -0.4 is 19.5 Å². The van der Waals surface area contributed by atoms with Gasteiger partial charge in [-0.25, -0.2) is 8.42 Å². The molecule has 1 aliphatic heterocycles. The molecule has 0 amide bonds. The number of nitrogens with one attached hydrogen (secondary N) is 2. The third kappa shape index (κ3) is 7.74. The molecule has 3 aromatic carbocycles. The van der Waals surface area contributed by atoms with E-state index in [0.29, 0.717) is 57.1 Å². The highest BCUT2D eigenvalue weighted by atomic mass is 79.9. The number of benzene rings is 3. The molecule has 14 nitrogen and oxygen atoms in total. The van der Waals surface area contributed by atoms with Crippen molar-refractivity contribution in [2.75, 3.05) is 11.3 Å². The number of dihydropyridines is 1.